The van der Waals surface area contributed by atoms with Crippen molar-refractivity contribution < 1.29 is 9.47 Å². The van der Waals surface area contributed by atoms with Crippen LogP contribution < -0.4 is 5.73 Å². The van der Waals surface area contributed by atoms with Gasteiger partial charge in [-0.3, -0.25) is 0 Å². The molecule has 0 aliphatic carbocycles. The second-order valence-electron chi connectivity index (χ2n) is 4.07. The summed E-state index contributed by atoms with van der Waals surface area (Å²) in [5, 5.41) is 0. The Morgan fingerprint density at radius 1 is 1.23 bits per heavy atom. The number of hydrogen-bond donors (Lipinski definition) is 1. The van der Waals surface area contributed by atoms with E-state index in [1.165, 1.54) is 19.3 Å². The van der Waals surface area contributed by atoms with E-state index in [9.17, 15) is 0 Å². The first-order chi connectivity index (χ1) is 6.40. The molecule has 2 fully saturated rings. The van der Waals surface area contributed by atoms with E-state index in [-0.39, 0.29) is 0 Å². The van der Waals surface area contributed by atoms with Gasteiger partial charge in [-0.25, -0.2) is 0 Å². The third-order valence-corrected chi connectivity index (χ3v) is 3.12. The van der Waals surface area contributed by atoms with E-state index in [2.05, 4.69) is 0 Å². The second-order valence-corrected chi connectivity index (χ2v) is 4.07. The summed E-state index contributed by atoms with van der Waals surface area (Å²) in [5.41, 5.74) is 5.50. The lowest BCUT2D eigenvalue weighted by atomic mass is 9.99. The smallest absolute Gasteiger partial charge is 0.0630 e. The predicted molar refractivity (Wildman–Crippen MR) is 50.5 cm³/mol. The van der Waals surface area contributed by atoms with Crippen LogP contribution in [-0.2, 0) is 9.47 Å². The molecule has 2 aliphatic heterocycles. The molecule has 0 bridgehead atoms. The van der Waals surface area contributed by atoms with Crippen LogP contribution in [0.5, 0.6) is 0 Å². The van der Waals surface area contributed by atoms with Crippen LogP contribution in [0.1, 0.15) is 25.7 Å². The first kappa shape index (κ1) is 9.44. The maximum absolute atomic E-state index is 5.93. The topological polar surface area (TPSA) is 44.5 Å². The zero-order valence-corrected chi connectivity index (χ0v) is 8.08. The van der Waals surface area contributed by atoms with Crippen molar-refractivity contribution >= 4 is 0 Å². The van der Waals surface area contributed by atoms with E-state index in [1.54, 1.807) is 0 Å². The lowest BCUT2D eigenvalue weighted by molar-refractivity contribution is 0.00559. The minimum Gasteiger partial charge on any atom is -0.381 e. The van der Waals surface area contributed by atoms with Crippen molar-refractivity contribution in [3.63, 3.8) is 0 Å². The van der Waals surface area contributed by atoms with Gasteiger partial charge in [0.15, 0.2) is 0 Å². The first-order valence-electron chi connectivity index (χ1n) is 5.33. The van der Waals surface area contributed by atoms with Gasteiger partial charge in [-0.15, -0.1) is 0 Å². The summed E-state index contributed by atoms with van der Waals surface area (Å²) in [6.07, 6.45) is 5.48. The Morgan fingerprint density at radius 2 is 2.15 bits per heavy atom. The highest BCUT2D eigenvalue weighted by Gasteiger charge is 2.33. The van der Waals surface area contributed by atoms with Crippen molar-refractivity contribution in [2.45, 2.75) is 37.9 Å². The second kappa shape index (κ2) is 4.40. The van der Waals surface area contributed by atoms with Gasteiger partial charge in [0.1, 0.15) is 0 Å². The molecule has 0 spiro atoms. The Bertz CT molecular complexity index is 157. The summed E-state index contributed by atoms with van der Waals surface area (Å²) in [4.78, 5) is 0. The fourth-order valence-corrected chi connectivity index (χ4v) is 2.32. The lowest BCUT2D eigenvalue weighted by Gasteiger charge is -2.17. The molecule has 0 radical (unpaired) electrons. The molecule has 0 aromatic rings. The summed E-state index contributed by atoms with van der Waals surface area (Å²) < 4.78 is 11.3. The molecule has 0 aromatic carbocycles. The van der Waals surface area contributed by atoms with Gasteiger partial charge < -0.3 is 15.2 Å². The van der Waals surface area contributed by atoms with Crippen LogP contribution in [0.15, 0.2) is 0 Å². The average molecular weight is 185 g/mol. The molecule has 3 unspecified atom stereocenters. The molecule has 2 N–H and O–H groups in total. The Kier molecular flexibility index (Phi) is 3.19. The Balaban J connectivity index is 1.76. The highest BCUT2D eigenvalue weighted by Crippen LogP contribution is 2.30. The van der Waals surface area contributed by atoms with Gasteiger partial charge in [0.05, 0.1) is 18.8 Å². The molecular weight excluding hydrogens is 166 g/mol. The zero-order valence-electron chi connectivity index (χ0n) is 8.08. The quantitative estimate of drug-likeness (QED) is 0.711. The third-order valence-electron chi connectivity index (χ3n) is 3.12. The van der Waals surface area contributed by atoms with Crippen LogP contribution in [0.3, 0.4) is 0 Å². The Morgan fingerprint density at radius 3 is 2.85 bits per heavy atom. The fourth-order valence-electron chi connectivity index (χ4n) is 2.32. The molecule has 0 aromatic heterocycles. The van der Waals surface area contributed by atoms with Gasteiger partial charge in [-0.2, -0.15) is 0 Å². The van der Waals surface area contributed by atoms with Crippen molar-refractivity contribution in [3.8, 4) is 0 Å². The van der Waals surface area contributed by atoms with Crippen molar-refractivity contribution in [1.29, 1.82) is 0 Å². The molecule has 2 saturated heterocycles. The largest absolute Gasteiger partial charge is 0.381 e. The molecule has 2 rings (SSSR count). The molecule has 2 aliphatic rings. The molecule has 13 heavy (non-hydrogen) atoms. The average Bonchev–Trinajstić information content (AvgIpc) is 2.70. The number of ether oxygens (including phenoxy) is 2. The van der Waals surface area contributed by atoms with E-state index < -0.39 is 0 Å². The fraction of sp³-hybridized carbons (Fsp3) is 1.00. The van der Waals surface area contributed by atoms with Crippen molar-refractivity contribution in [3.05, 3.63) is 0 Å². The van der Waals surface area contributed by atoms with Gasteiger partial charge in [0.25, 0.3) is 0 Å². The highest BCUT2D eigenvalue weighted by molar-refractivity contribution is 4.81. The van der Waals surface area contributed by atoms with E-state index >= 15 is 0 Å². The molecule has 76 valence electrons. The van der Waals surface area contributed by atoms with Crippen LogP contribution in [0.25, 0.3) is 0 Å². The van der Waals surface area contributed by atoms with Crippen molar-refractivity contribution in [2.24, 2.45) is 11.7 Å². The van der Waals surface area contributed by atoms with Crippen molar-refractivity contribution in [1.82, 2.24) is 0 Å². The van der Waals surface area contributed by atoms with Crippen LogP contribution in [-0.4, -0.2) is 32.0 Å². The summed E-state index contributed by atoms with van der Waals surface area (Å²) in [5.74, 6) is 0.655. The number of nitrogens with two attached hydrogens (primary N) is 1. The van der Waals surface area contributed by atoms with E-state index in [0.717, 1.165) is 26.2 Å². The normalized spacial score (nSPS) is 39.9. The number of rotatable bonds is 3. The molecule has 3 heteroatoms. The van der Waals surface area contributed by atoms with Gasteiger partial charge in [-0.1, -0.05) is 0 Å². The summed E-state index contributed by atoms with van der Waals surface area (Å²) in [7, 11) is 0. The molecular formula is C10H19NO2. The lowest BCUT2D eigenvalue weighted by Crippen LogP contribution is -2.22. The number of hydrogen-bond acceptors (Lipinski definition) is 3. The van der Waals surface area contributed by atoms with Gasteiger partial charge in [-0.05, 0) is 32.2 Å². The molecule has 0 saturated carbocycles. The molecule has 2 heterocycles. The first-order valence-corrected chi connectivity index (χ1v) is 5.33. The van der Waals surface area contributed by atoms with Crippen molar-refractivity contribution in [2.75, 3.05) is 19.8 Å². The van der Waals surface area contributed by atoms with E-state index in [1.807, 2.05) is 0 Å². The maximum atomic E-state index is 5.93. The maximum Gasteiger partial charge on any atom is 0.0630 e. The summed E-state index contributed by atoms with van der Waals surface area (Å²) >= 11 is 0. The van der Waals surface area contributed by atoms with E-state index in [0.29, 0.717) is 18.1 Å². The van der Waals surface area contributed by atoms with E-state index in [4.69, 9.17) is 15.2 Å². The standard InChI is InChI=1S/C10H19NO2/c11-5-3-9-1-2-10(13-9)8-4-6-12-7-8/h8-10H,1-7,11H2. The molecule has 0 amide bonds. The Labute approximate surface area is 79.6 Å². The minimum atomic E-state index is 0.426. The van der Waals surface area contributed by atoms with Gasteiger partial charge >= 0.3 is 0 Å². The summed E-state index contributed by atoms with van der Waals surface area (Å²) in [6.45, 7) is 2.57. The summed E-state index contributed by atoms with van der Waals surface area (Å²) in [6, 6.07) is 0. The molecule has 3 atom stereocenters. The minimum absolute atomic E-state index is 0.426. The van der Waals surface area contributed by atoms with Crippen LogP contribution in [0, 0.1) is 5.92 Å². The third kappa shape index (κ3) is 2.22. The zero-order chi connectivity index (χ0) is 9.10. The SMILES string of the molecule is NCCC1CCC(C2CCOC2)O1. The monoisotopic (exact) mass is 185 g/mol. The van der Waals surface area contributed by atoms with Crippen LogP contribution in [0.4, 0.5) is 0 Å². The van der Waals surface area contributed by atoms with Gasteiger partial charge in [0, 0.05) is 12.5 Å². The van der Waals surface area contributed by atoms with Crippen LogP contribution >= 0.6 is 0 Å². The van der Waals surface area contributed by atoms with Crippen LogP contribution in [0.2, 0.25) is 0 Å². The van der Waals surface area contributed by atoms with Gasteiger partial charge in [0.2, 0.25) is 0 Å². The molecule has 3 nitrogen and oxygen atoms in total. The highest BCUT2D eigenvalue weighted by atomic mass is 16.5. The predicted octanol–water partition coefficient (Wildman–Crippen LogP) is 0.919. The Hall–Kier alpha value is -0.120.